The number of aliphatic carboxylic acids is 1. The minimum atomic E-state index is -1.53. The van der Waals surface area contributed by atoms with Crippen molar-refractivity contribution in [2.75, 3.05) is 47.5 Å². The Morgan fingerprint density at radius 1 is 0.345 bits per heavy atom. The molecule has 0 saturated heterocycles. The zero-order valence-electron chi connectivity index (χ0n) is 55.6. The van der Waals surface area contributed by atoms with Crippen molar-refractivity contribution >= 4 is 17.9 Å². The third-order valence-electron chi connectivity index (χ3n) is 13.7. The minimum Gasteiger partial charge on any atom is -0.477 e. The first-order valence-electron chi connectivity index (χ1n) is 33.9. The van der Waals surface area contributed by atoms with Crippen LogP contribution in [0.25, 0.3) is 0 Å². The maximum atomic E-state index is 12.9. The predicted octanol–water partition coefficient (Wildman–Crippen LogP) is 21.2. The number of carbonyl (C=O) groups is 3. The molecule has 0 amide bonds. The molecular weight excluding hydrogens is 1080 g/mol. The van der Waals surface area contributed by atoms with Crippen molar-refractivity contribution < 1.29 is 42.9 Å². The van der Waals surface area contributed by atoms with E-state index in [1.807, 2.05) is 21.1 Å². The van der Waals surface area contributed by atoms with Gasteiger partial charge >= 0.3 is 17.9 Å². The SMILES string of the molecule is CC/C=C\C/C=C\C/C=C\C/C=C\C/C=C\C/C=C\C/C=C\C/C=C\C/C=C\C/C=C\C/C=C\CCCCCCCCCC(=O)OC(COC(=O)CCCCCCCCCC/C=C\C/C=C\C/C=C\C/C=C\CC)COC(OCC[N+](C)(C)C)C(=O)O. The molecule has 0 heterocycles. The van der Waals surface area contributed by atoms with Gasteiger partial charge in [-0.25, -0.2) is 4.79 Å². The third-order valence-corrected chi connectivity index (χ3v) is 13.7. The molecule has 0 rings (SSSR count). The van der Waals surface area contributed by atoms with Gasteiger partial charge in [0.1, 0.15) is 13.2 Å². The second kappa shape index (κ2) is 66.3. The number of allylic oxidation sites excluding steroid dienone is 30. The lowest BCUT2D eigenvalue weighted by atomic mass is 10.1. The maximum Gasteiger partial charge on any atom is 0.361 e. The first-order valence-corrected chi connectivity index (χ1v) is 33.9. The lowest BCUT2D eigenvalue weighted by Crippen LogP contribution is -2.40. The number of carboxylic acids is 1. The Balaban J connectivity index is 4.22. The Bertz CT molecular complexity index is 2080. The van der Waals surface area contributed by atoms with Crippen LogP contribution in [-0.2, 0) is 33.3 Å². The smallest absolute Gasteiger partial charge is 0.361 e. The van der Waals surface area contributed by atoms with Crippen molar-refractivity contribution in [1.82, 2.24) is 0 Å². The van der Waals surface area contributed by atoms with Crippen molar-refractivity contribution in [1.29, 1.82) is 0 Å². The van der Waals surface area contributed by atoms with Gasteiger partial charge in [0.15, 0.2) is 6.10 Å². The number of hydrogen-bond donors (Lipinski definition) is 1. The number of carboxylic acid groups (broad SMARTS) is 1. The summed E-state index contributed by atoms with van der Waals surface area (Å²) < 4.78 is 22.9. The van der Waals surface area contributed by atoms with E-state index in [1.165, 1.54) is 44.9 Å². The topological polar surface area (TPSA) is 108 Å². The summed E-state index contributed by atoms with van der Waals surface area (Å²) in [6, 6.07) is 0. The molecule has 0 aromatic rings. The van der Waals surface area contributed by atoms with Gasteiger partial charge in [0.2, 0.25) is 0 Å². The van der Waals surface area contributed by atoms with Crippen LogP contribution >= 0.6 is 0 Å². The van der Waals surface area contributed by atoms with Crippen molar-refractivity contribution in [3.8, 4) is 0 Å². The van der Waals surface area contributed by atoms with Crippen LogP contribution < -0.4 is 0 Å². The van der Waals surface area contributed by atoms with Crippen LogP contribution in [0.3, 0.4) is 0 Å². The maximum absolute atomic E-state index is 12.9. The number of likely N-dealkylation sites (N-methyl/N-ethyl adjacent to an activating group) is 1. The average Bonchev–Trinajstić information content (AvgIpc) is 3.59. The number of esters is 2. The molecule has 0 spiro atoms. The van der Waals surface area contributed by atoms with E-state index in [9.17, 15) is 19.5 Å². The highest BCUT2D eigenvalue weighted by Gasteiger charge is 2.25. The van der Waals surface area contributed by atoms with Gasteiger partial charge in [-0.05, 0) is 135 Å². The molecule has 0 aliphatic heterocycles. The summed E-state index contributed by atoms with van der Waals surface area (Å²) in [5.41, 5.74) is 0. The molecule has 2 unspecified atom stereocenters. The van der Waals surface area contributed by atoms with E-state index in [1.54, 1.807) is 0 Å². The van der Waals surface area contributed by atoms with Gasteiger partial charge in [-0.2, -0.15) is 0 Å². The minimum absolute atomic E-state index is 0.174. The number of carbonyl (C=O) groups excluding carboxylic acids is 2. The zero-order chi connectivity index (χ0) is 63.3. The molecule has 488 valence electrons. The lowest BCUT2D eigenvalue weighted by Gasteiger charge is -2.25. The van der Waals surface area contributed by atoms with Crippen molar-refractivity contribution in [3.63, 3.8) is 0 Å². The van der Waals surface area contributed by atoms with Gasteiger partial charge in [0, 0.05) is 12.8 Å². The summed E-state index contributed by atoms with van der Waals surface area (Å²) in [5.74, 6) is -2.05. The van der Waals surface area contributed by atoms with Crippen molar-refractivity contribution in [2.24, 2.45) is 0 Å². The highest BCUT2D eigenvalue weighted by atomic mass is 16.7. The molecule has 0 aliphatic rings. The Morgan fingerprint density at radius 3 is 0.920 bits per heavy atom. The predicted molar refractivity (Wildman–Crippen MR) is 372 cm³/mol. The van der Waals surface area contributed by atoms with E-state index in [0.717, 1.165) is 154 Å². The summed E-state index contributed by atoms with van der Waals surface area (Å²) in [7, 11) is 5.95. The molecular formula is C78H124NO8+. The summed E-state index contributed by atoms with van der Waals surface area (Å²) in [4.78, 5) is 37.6. The molecule has 0 radical (unpaired) electrons. The van der Waals surface area contributed by atoms with Crippen LogP contribution in [0, 0.1) is 0 Å². The number of unbranched alkanes of at least 4 members (excludes halogenated alkanes) is 15. The van der Waals surface area contributed by atoms with E-state index >= 15 is 0 Å². The fraction of sp³-hybridized carbons (Fsp3) is 0.577. The first-order chi connectivity index (χ1) is 42.6. The van der Waals surface area contributed by atoms with Gasteiger partial charge in [0.25, 0.3) is 6.29 Å². The van der Waals surface area contributed by atoms with Crippen LogP contribution in [-0.4, -0.2) is 87.4 Å². The van der Waals surface area contributed by atoms with Gasteiger partial charge in [0.05, 0.1) is 34.4 Å². The molecule has 2 atom stereocenters. The van der Waals surface area contributed by atoms with E-state index in [2.05, 4.69) is 196 Å². The second-order valence-corrected chi connectivity index (χ2v) is 23.0. The van der Waals surface area contributed by atoms with Crippen LogP contribution in [0.15, 0.2) is 182 Å². The fourth-order valence-electron chi connectivity index (χ4n) is 8.54. The first kappa shape index (κ1) is 81.4. The van der Waals surface area contributed by atoms with Crippen LogP contribution in [0.2, 0.25) is 0 Å². The Kier molecular flexibility index (Phi) is 62.1. The number of nitrogens with zero attached hydrogens (tertiary/aromatic N) is 1. The summed E-state index contributed by atoms with van der Waals surface area (Å²) >= 11 is 0. The normalized spacial score (nSPS) is 13.9. The summed E-state index contributed by atoms with van der Waals surface area (Å²) in [5, 5.41) is 9.73. The zero-order valence-corrected chi connectivity index (χ0v) is 55.6. The van der Waals surface area contributed by atoms with Gasteiger partial charge in [-0.1, -0.05) is 267 Å². The standard InChI is InChI=1S/C78H123NO8/c1-6-8-10-12-14-16-18-20-22-24-26-28-29-30-31-32-33-34-35-36-37-38-39-40-41-42-43-44-45-46-47-49-51-53-55-57-59-61-63-65-67-69-76(81)87-74(73-86-78(77(82)83)84-71-70-79(3,4)5)72-85-75(80)68-66-64-62-60-58-56-54-52-50-48-27-25-23-21-19-17-15-13-11-9-7-2/h8-11,14-17,20-23,26-28,30-31,33-34,36-37,39-40,42-43,45-46,48-49,51,74,78H,6-7,12-13,18-19,24-25,29,32,35,38,41,44,47,50,52-73H2,1-5H3/p+1/b10-8-,11-9-,16-14-,17-15-,22-20-,23-21-,28-26-,31-30-,34-33-,37-36-,40-39-,43-42-,46-45-,48-27-,51-49-. The summed E-state index contributed by atoms with van der Waals surface area (Å²) in [6.45, 7) is 4.60. The van der Waals surface area contributed by atoms with Gasteiger partial charge < -0.3 is 28.5 Å². The van der Waals surface area contributed by atoms with E-state index in [0.29, 0.717) is 17.4 Å². The molecule has 0 fully saturated rings. The number of hydrogen-bond acceptors (Lipinski definition) is 7. The molecule has 1 N–H and O–H groups in total. The monoisotopic (exact) mass is 1200 g/mol. The molecule has 9 nitrogen and oxygen atoms in total. The van der Waals surface area contributed by atoms with E-state index in [4.69, 9.17) is 18.9 Å². The van der Waals surface area contributed by atoms with E-state index < -0.39 is 24.3 Å². The third kappa shape index (κ3) is 67.8. The molecule has 0 aromatic heterocycles. The number of ether oxygens (including phenoxy) is 4. The Hall–Kier alpha value is -5.61. The highest BCUT2D eigenvalue weighted by Crippen LogP contribution is 2.15. The number of rotatable bonds is 60. The summed E-state index contributed by atoms with van der Waals surface area (Å²) in [6.07, 6.45) is 98.5. The quantitative estimate of drug-likeness (QED) is 0.0211. The van der Waals surface area contributed by atoms with Gasteiger partial charge in [-0.15, -0.1) is 0 Å². The molecule has 0 aromatic carbocycles. The van der Waals surface area contributed by atoms with Crippen LogP contribution in [0.5, 0.6) is 0 Å². The van der Waals surface area contributed by atoms with Crippen molar-refractivity contribution in [3.05, 3.63) is 182 Å². The molecule has 0 aliphatic carbocycles. The van der Waals surface area contributed by atoms with E-state index in [-0.39, 0.29) is 38.6 Å². The molecule has 87 heavy (non-hydrogen) atoms. The largest absolute Gasteiger partial charge is 0.477 e. The Labute approximate surface area is 532 Å². The molecule has 0 bridgehead atoms. The van der Waals surface area contributed by atoms with Crippen LogP contribution in [0.4, 0.5) is 0 Å². The second-order valence-electron chi connectivity index (χ2n) is 23.0. The average molecular weight is 1200 g/mol. The Morgan fingerprint density at radius 2 is 0.621 bits per heavy atom. The number of quaternary nitrogens is 1. The van der Waals surface area contributed by atoms with Gasteiger partial charge in [-0.3, -0.25) is 9.59 Å². The fourth-order valence-corrected chi connectivity index (χ4v) is 8.54. The highest BCUT2D eigenvalue weighted by molar-refractivity contribution is 5.71. The van der Waals surface area contributed by atoms with Crippen molar-refractivity contribution in [2.45, 2.75) is 245 Å². The molecule has 0 saturated carbocycles. The molecule has 9 heteroatoms. The lowest BCUT2D eigenvalue weighted by molar-refractivity contribution is -0.870. The van der Waals surface area contributed by atoms with Crippen LogP contribution in [0.1, 0.15) is 232 Å².